The molecule has 1 saturated heterocycles. The predicted molar refractivity (Wildman–Crippen MR) is 450 cm³/mol. The molecule has 1 aliphatic heterocycles. The minimum Gasteiger partial charge on any atom is -0.423 e. The van der Waals surface area contributed by atoms with Gasteiger partial charge in [0.05, 0.1) is 28.3 Å². The molecule has 0 atom stereocenters. The molecule has 109 heavy (non-hydrogen) atoms. The van der Waals surface area contributed by atoms with Crippen LogP contribution in [0.15, 0.2) is 366 Å². The summed E-state index contributed by atoms with van der Waals surface area (Å²) in [6, 6.07) is 111. The van der Waals surface area contributed by atoms with Crippen molar-refractivity contribution in [1.82, 2.24) is 29.9 Å². The fraction of sp³-hybridized carbons (Fsp3) is 0.0667. The number of benzene rings is 9. The maximum absolute atomic E-state index is 8.79. The number of pyridine rings is 6. The molecule has 0 radical (unpaired) electrons. The quantitative estimate of drug-likeness (QED) is 0.0518. The van der Waals surface area contributed by atoms with Gasteiger partial charge in [-0.1, -0.05) is 225 Å². The second-order valence-electron chi connectivity index (χ2n) is 25.5. The first-order chi connectivity index (χ1) is 52.5. The molecule has 540 valence electrons. The molecule has 19 heteroatoms. The molecule has 16 rings (SSSR count). The van der Waals surface area contributed by atoms with Gasteiger partial charge in [0.2, 0.25) is 0 Å². The fourth-order valence-electron chi connectivity index (χ4n) is 11.4. The van der Waals surface area contributed by atoms with Gasteiger partial charge >= 0.3 is 42.4 Å². The standard InChI is InChI=1S/C28H20N2.C28H18N2.C12H16BBrO2.C11H8BrN.C6H8B2O4.C5H4BrN.Pt/c2*1-2-14-26(22-10-8-12-24(20-22)28-16-4-6-18-30-28)25(13-1)21-9-7-11-23(19-21)27-15-3-5-17-29-27;1-11(2)12(3,4)16-13(15-11)9-6-5-7-10(14)8-9;12-10-5-3-4-9(8-10)11-6-1-2-7-13-11;9-7(10)5-3-1-2-4-6(5)8(11)12;6-5-3-1-2-4-7-5;/h1-20H;1-18H;5-8H,1-4H3;1-8H;1-4,9-12H;1-4H;/q;-2;;;;;+2. The fourth-order valence-corrected chi connectivity index (χ4v) is 12.5. The Hall–Kier alpha value is -10.0. The van der Waals surface area contributed by atoms with Gasteiger partial charge in [0, 0.05) is 74.2 Å². The minimum absolute atomic E-state index is 0. The van der Waals surface area contributed by atoms with Crippen molar-refractivity contribution in [3.05, 3.63) is 378 Å². The first kappa shape index (κ1) is 81.5. The van der Waals surface area contributed by atoms with E-state index >= 15 is 0 Å². The zero-order chi connectivity index (χ0) is 75.7. The van der Waals surface area contributed by atoms with Gasteiger partial charge in [-0.2, -0.15) is 0 Å². The van der Waals surface area contributed by atoms with E-state index in [-0.39, 0.29) is 50.3 Å². The maximum Gasteiger partial charge on any atom is 2.00 e. The van der Waals surface area contributed by atoms with Crippen LogP contribution in [0.25, 0.3) is 101 Å². The molecule has 1 aliphatic rings. The van der Waals surface area contributed by atoms with Gasteiger partial charge in [0.25, 0.3) is 0 Å². The van der Waals surface area contributed by atoms with Crippen molar-refractivity contribution >= 4 is 85.5 Å². The molecule has 4 N–H and O–H groups in total. The third kappa shape index (κ3) is 23.0. The second-order valence-corrected chi connectivity index (χ2v) is 28.1. The summed E-state index contributed by atoms with van der Waals surface area (Å²) in [5.41, 5.74) is 19.9. The van der Waals surface area contributed by atoms with E-state index in [2.05, 4.69) is 245 Å². The Morgan fingerprint density at radius 2 is 0.615 bits per heavy atom. The molecule has 0 unspecified atom stereocenters. The Bertz CT molecular complexity index is 4880. The van der Waals surface area contributed by atoms with Gasteiger partial charge in [-0.25, -0.2) is 4.98 Å². The van der Waals surface area contributed by atoms with Crippen molar-refractivity contribution in [2.45, 2.75) is 38.9 Å². The average molecular weight is 1800 g/mol. The molecule has 0 saturated carbocycles. The zero-order valence-corrected chi connectivity index (χ0v) is 67.0. The first-order valence-corrected chi connectivity index (χ1v) is 37.1. The van der Waals surface area contributed by atoms with Crippen LogP contribution in [0.4, 0.5) is 0 Å². The van der Waals surface area contributed by atoms with Gasteiger partial charge in [0.1, 0.15) is 4.60 Å². The Labute approximate surface area is 678 Å². The van der Waals surface area contributed by atoms with E-state index in [4.69, 9.17) is 29.4 Å². The van der Waals surface area contributed by atoms with E-state index in [1.165, 1.54) is 34.4 Å². The molecule has 15 aromatic rings. The van der Waals surface area contributed by atoms with E-state index in [0.29, 0.717) is 0 Å². The molecule has 0 spiro atoms. The van der Waals surface area contributed by atoms with Crippen molar-refractivity contribution in [2.24, 2.45) is 0 Å². The van der Waals surface area contributed by atoms with Gasteiger partial charge in [-0.3, -0.25) is 24.9 Å². The van der Waals surface area contributed by atoms with Crippen molar-refractivity contribution < 1.29 is 50.5 Å². The van der Waals surface area contributed by atoms with Crippen molar-refractivity contribution in [2.75, 3.05) is 0 Å². The van der Waals surface area contributed by atoms with E-state index < -0.39 is 14.2 Å². The molecule has 0 aliphatic carbocycles. The number of hydrogen-bond acceptors (Lipinski definition) is 12. The molecule has 7 heterocycles. The zero-order valence-electron chi connectivity index (χ0n) is 60.0. The van der Waals surface area contributed by atoms with Gasteiger partial charge in [-0.05, 0) is 179 Å². The molecule has 6 aromatic heterocycles. The molecular formula is C90H74B3Br3N6O6Pt. The van der Waals surface area contributed by atoms with Crippen LogP contribution in [-0.4, -0.2) is 82.6 Å². The summed E-state index contributed by atoms with van der Waals surface area (Å²) >= 11 is 10.1. The Balaban J connectivity index is 0.000000148. The summed E-state index contributed by atoms with van der Waals surface area (Å²) in [6.07, 6.45) is 10.8. The monoisotopic (exact) mass is 1800 g/mol. The maximum atomic E-state index is 8.79. The Morgan fingerprint density at radius 3 is 0.963 bits per heavy atom. The largest absolute Gasteiger partial charge is 2.00 e. The Morgan fingerprint density at radius 1 is 0.303 bits per heavy atom. The van der Waals surface area contributed by atoms with Gasteiger partial charge in [-0.15, -0.1) is 70.8 Å². The third-order valence-corrected chi connectivity index (χ3v) is 19.0. The number of hydrogen-bond donors (Lipinski definition) is 4. The summed E-state index contributed by atoms with van der Waals surface area (Å²) in [5, 5.41) is 35.1. The van der Waals surface area contributed by atoms with Crippen molar-refractivity contribution in [1.29, 1.82) is 0 Å². The summed E-state index contributed by atoms with van der Waals surface area (Å²) in [7, 11) is -3.63. The van der Waals surface area contributed by atoms with Gasteiger partial charge in [0.15, 0.2) is 0 Å². The predicted octanol–water partition coefficient (Wildman–Crippen LogP) is 19.0. The SMILES string of the molecule is Brc1cccc(-c2ccccn2)c1.Brc1ccccn1.CC1(C)OB(c2cccc(Br)c2)OC1(C)C.OB(O)c1ccccc1B(O)O.[Pt+2].[c-]1c(-c2ccccn2)cccc1-c1ccccc1-c1[c-]c(-c2ccccn2)ccc1.c1ccc(-c2cccc(-c3ccccc3-c3cccc(-c4ccccn4)c3)c2)nc1. The van der Waals surface area contributed by atoms with Crippen molar-refractivity contribution in [3.8, 4) is 101 Å². The van der Waals surface area contributed by atoms with Crippen LogP contribution in [0.2, 0.25) is 0 Å². The van der Waals surface area contributed by atoms with Gasteiger partial charge < -0.3 is 29.4 Å². The first-order valence-electron chi connectivity index (χ1n) is 34.7. The molecule has 1 fully saturated rings. The number of rotatable bonds is 12. The van der Waals surface area contributed by atoms with E-state index in [9.17, 15) is 0 Å². The Kier molecular flexibility index (Phi) is 30.2. The molecule has 0 amide bonds. The van der Waals surface area contributed by atoms with E-state index in [1.54, 1.807) is 24.5 Å². The molecular weight excluding hydrogens is 1730 g/mol. The van der Waals surface area contributed by atoms with Crippen LogP contribution in [0.1, 0.15) is 27.7 Å². The summed E-state index contributed by atoms with van der Waals surface area (Å²) in [5.74, 6) is 0. The third-order valence-electron chi connectivity index (χ3n) is 17.5. The van der Waals surface area contributed by atoms with Crippen LogP contribution >= 0.6 is 47.8 Å². The van der Waals surface area contributed by atoms with E-state index in [1.807, 2.05) is 189 Å². The van der Waals surface area contributed by atoms with Crippen LogP contribution in [-0.2, 0) is 30.4 Å². The van der Waals surface area contributed by atoms with E-state index in [0.717, 1.165) is 97.6 Å². The average Bonchev–Trinajstić information content (AvgIpc) is 1.62. The number of nitrogens with zero attached hydrogens (tertiary/aromatic N) is 6. The van der Waals surface area contributed by atoms with Crippen LogP contribution in [0, 0.1) is 12.1 Å². The topological polar surface area (TPSA) is 177 Å². The minimum atomic E-state index is -1.68. The van der Waals surface area contributed by atoms with Crippen LogP contribution in [0.3, 0.4) is 0 Å². The normalized spacial score (nSPS) is 12.0. The van der Waals surface area contributed by atoms with Crippen LogP contribution in [0.5, 0.6) is 0 Å². The molecule has 0 bridgehead atoms. The molecule has 9 aromatic carbocycles. The van der Waals surface area contributed by atoms with Crippen molar-refractivity contribution in [3.63, 3.8) is 0 Å². The second kappa shape index (κ2) is 40.4. The number of halogens is 3. The summed E-state index contributed by atoms with van der Waals surface area (Å²) in [6.45, 7) is 8.24. The number of aromatic nitrogens is 6. The summed E-state index contributed by atoms with van der Waals surface area (Å²) < 4.78 is 14.9. The smallest absolute Gasteiger partial charge is 0.423 e. The molecule has 12 nitrogen and oxygen atoms in total. The summed E-state index contributed by atoms with van der Waals surface area (Å²) in [4.78, 5) is 26.1. The van der Waals surface area contributed by atoms with Crippen LogP contribution < -0.4 is 16.4 Å².